The number of carbonyl (C=O) groups is 3. The predicted octanol–water partition coefficient (Wildman–Crippen LogP) is 1.70. The quantitative estimate of drug-likeness (QED) is 0.737. The van der Waals surface area contributed by atoms with Gasteiger partial charge >= 0.3 is 0 Å². The fourth-order valence-corrected chi connectivity index (χ4v) is 3.73. The minimum absolute atomic E-state index is 0.0204. The third-order valence-electron chi connectivity index (χ3n) is 5.56. The molecule has 31 heavy (non-hydrogen) atoms. The number of carbonyl (C=O) groups excluding carboxylic acids is 3. The number of hydrogen-bond acceptors (Lipinski definition) is 5. The van der Waals surface area contributed by atoms with E-state index in [2.05, 4.69) is 10.6 Å². The summed E-state index contributed by atoms with van der Waals surface area (Å²) in [4.78, 5) is 38.9. The lowest BCUT2D eigenvalue weighted by molar-refractivity contribution is -0.134. The number of rotatable bonds is 6. The van der Waals surface area contributed by atoms with Crippen LogP contribution in [0, 0.1) is 5.92 Å². The summed E-state index contributed by atoms with van der Waals surface area (Å²) in [6.45, 7) is 1.56. The maximum absolute atomic E-state index is 12.5. The van der Waals surface area contributed by atoms with Gasteiger partial charge in [0.2, 0.25) is 18.6 Å². The molecule has 2 aromatic carbocycles. The summed E-state index contributed by atoms with van der Waals surface area (Å²) in [7, 11) is 0. The lowest BCUT2D eigenvalue weighted by Gasteiger charge is -2.31. The van der Waals surface area contributed by atoms with Crippen molar-refractivity contribution >= 4 is 17.7 Å². The Kier molecular flexibility index (Phi) is 6.35. The predicted molar refractivity (Wildman–Crippen MR) is 112 cm³/mol. The van der Waals surface area contributed by atoms with Crippen LogP contribution in [-0.2, 0) is 16.1 Å². The highest BCUT2D eigenvalue weighted by Gasteiger charge is 2.27. The van der Waals surface area contributed by atoms with Gasteiger partial charge in [-0.05, 0) is 36.6 Å². The van der Waals surface area contributed by atoms with Crippen LogP contribution < -0.4 is 20.1 Å². The number of piperidine rings is 1. The van der Waals surface area contributed by atoms with Gasteiger partial charge in [-0.1, -0.05) is 30.3 Å². The Morgan fingerprint density at radius 1 is 0.935 bits per heavy atom. The highest BCUT2D eigenvalue weighted by atomic mass is 16.7. The molecule has 0 aromatic heterocycles. The molecule has 0 saturated carbocycles. The van der Waals surface area contributed by atoms with Gasteiger partial charge in [0.25, 0.3) is 5.91 Å². The number of hydrogen-bond donors (Lipinski definition) is 2. The molecule has 8 heteroatoms. The van der Waals surface area contributed by atoms with Gasteiger partial charge in [0.05, 0.1) is 6.54 Å². The molecule has 4 rings (SSSR count). The van der Waals surface area contributed by atoms with E-state index in [0.29, 0.717) is 49.5 Å². The highest BCUT2D eigenvalue weighted by Crippen LogP contribution is 2.32. The molecule has 2 N–H and O–H groups in total. The first-order valence-electron chi connectivity index (χ1n) is 10.4. The lowest BCUT2D eigenvalue weighted by Crippen LogP contribution is -2.46. The molecule has 0 radical (unpaired) electrons. The maximum atomic E-state index is 12.5. The average Bonchev–Trinajstić information content (AvgIpc) is 3.29. The SMILES string of the molecule is O=C(NCC(=O)N1CCC(C(=O)NCc2ccccc2)CC1)c1ccc2c(c1)OCO2. The highest BCUT2D eigenvalue weighted by molar-refractivity contribution is 5.97. The molecule has 1 saturated heterocycles. The first-order chi connectivity index (χ1) is 15.1. The van der Waals surface area contributed by atoms with E-state index in [-0.39, 0.29) is 37.0 Å². The summed E-state index contributed by atoms with van der Waals surface area (Å²) in [5.41, 5.74) is 1.47. The molecule has 0 atom stereocenters. The molecule has 0 aliphatic carbocycles. The van der Waals surface area contributed by atoms with Gasteiger partial charge in [-0.3, -0.25) is 14.4 Å². The van der Waals surface area contributed by atoms with Crippen molar-refractivity contribution in [3.63, 3.8) is 0 Å². The zero-order valence-electron chi connectivity index (χ0n) is 17.1. The molecular weight excluding hydrogens is 398 g/mol. The standard InChI is InChI=1S/C23H25N3O5/c27-21(14-25-23(29)18-6-7-19-20(12-18)31-15-30-19)26-10-8-17(9-11-26)22(28)24-13-16-4-2-1-3-5-16/h1-7,12,17H,8-11,13-15H2,(H,24,28)(H,25,29). The van der Waals surface area contributed by atoms with Gasteiger partial charge in [-0.15, -0.1) is 0 Å². The molecule has 3 amide bonds. The number of benzene rings is 2. The van der Waals surface area contributed by atoms with Crippen molar-refractivity contribution in [2.75, 3.05) is 26.4 Å². The van der Waals surface area contributed by atoms with Gasteiger partial charge in [-0.25, -0.2) is 0 Å². The van der Waals surface area contributed by atoms with Gasteiger partial charge in [0.15, 0.2) is 11.5 Å². The van der Waals surface area contributed by atoms with Gasteiger partial charge in [0.1, 0.15) is 0 Å². The monoisotopic (exact) mass is 423 g/mol. The van der Waals surface area contributed by atoms with Crippen LogP contribution in [0.5, 0.6) is 11.5 Å². The Bertz CT molecular complexity index is 955. The van der Waals surface area contributed by atoms with Crippen LogP contribution in [0.3, 0.4) is 0 Å². The van der Waals surface area contributed by atoms with Crippen LogP contribution in [0.25, 0.3) is 0 Å². The first kappa shape index (κ1) is 20.7. The van der Waals surface area contributed by atoms with Crippen LogP contribution in [-0.4, -0.2) is 49.0 Å². The Hall–Kier alpha value is -3.55. The Morgan fingerprint density at radius 3 is 2.45 bits per heavy atom. The van der Waals surface area contributed by atoms with Crippen molar-refractivity contribution in [3.8, 4) is 11.5 Å². The Balaban J connectivity index is 1.19. The summed E-state index contributed by atoms with van der Waals surface area (Å²) in [5, 5.41) is 5.62. The van der Waals surface area contributed by atoms with E-state index in [0.717, 1.165) is 5.56 Å². The van der Waals surface area contributed by atoms with Crippen molar-refractivity contribution in [2.45, 2.75) is 19.4 Å². The first-order valence-corrected chi connectivity index (χ1v) is 10.4. The van der Waals surface area contributed by atoms with E-state index >= 15 is 0 Å². The second-order valence-corrected chi connectivity index (χ2v) is 7.61. The van der Waals surface area contributed by atoms with E-state index in [1.165, 1.54) is 0 Å². The van der Waals surface area contributed by atoms with Gasteiger partial charge in [0, 0.05) is 31.1 Å². The topological polar surface area (TPSA) is 97.0 Å². The van der Waals surface area contributed by atoms with Crippen LogP contribution in [0.15, 0.2) is 48.5 Å². The van der Waals surface area contributed by atoms with Crippen LogP contribution in [0.1, 0.15) is 28.8 Å². The van der Waals surface area contributed by atoms with Crippen LogP contribution >= 0.6 is 0 Å². The van der Waals surface area contributed by atoms with Crippen molar-refractivity contribution in [1.82, 2.24) is 15.5 Å². The molecule has 2 aliphatic rings. The number of fused-ring (bicyclic) bond motifs is 1. The lowest BCUT2D eigenvalue weighted by atomic mass is 9.95. The zero-order chi connectivity index (χ0) is 21.6. The normalized spacial score (nSPS) is 15.4. The summed E-state index contributed by atoms with van der Waals surface area (Å²) in [6, 6.07) is 14.7. The minimum Gasteiger partial charge on any atom is -0.454 e. The number of amides is 3. The van der Waals surface area contributed by atoms with E-state index in [1.807, 2.05) is 30.3 Å². The van der Waals surface area contributed by atoms with Gasteiger partial charge < -0.3 is 25.0 Å². The van der Waals surface area contributed by atoms with E-state index < -0.39 is 0 Å². The minimum atomic E-state index is -0.346. The maximum Gasteiger partial charge on any atom is 0.251 e. The molecule has 0 bridgehead atoms. The largest absolute Gasteiger partial charge is 0.454 e. The van der Waals surface area contributed by atoms with Crippen molar-refractivity contribution < 1.29 is 23.9 Å². The number of nitrogens with one attached hydrogen (secondary N) is 2. The van der Waals surface area contributed by atoms with Crippen molar-refractivity contribution in [1.29, 1.82) is 0 Å². The number of ether oxygens (including phenoxy) is 2. The fourth-order valence-electron chi connectivity index (χ4n) is 3.73. The Labute approximate surface area is 180 Å². The van der Waals surface area contributed by atoms with Crippen molar-refractivity contribution in [2.24, 2.45) is 5.92 Å². The summed E-state index contributed by atoms with van der Waals surface area (Å²) in [5.74, 6) is 0.539. The molecule has 0 unspecified atom stereocenters. The average molecular weight is 423 g/mol. The number of nitrogens with zero attached hydrogens (tertiary/aromatic N) is 1. The van der Waals surface area contributed by atoms with E-state index in [4.69, 9.17) is 9.47 Å². The third kappa shape index (κ3) is 5.14. The Morgan fingerprint density at radius 2 is 1.68 bits per heavy atom. The van der Waals surface area contributed by atoms with Gasteiger partial charge in [-0.2, -0.15) is 0 Å². The van der Waals surface area contributed by atoms with Crippen LogP contribution in [0.2, 0.25) is 0 Å². The fraction of sp³-hybridized carbons (Fsp3) is 0.348. The molecule has 1 fully saturated rings. The summed E-state index contributed by atoms with van der Waals surface area (Å²) in [6.07, 6.45) is 1.23. The third-order valence-corrected chi connectivity index (χ3v) is 5.56. The van der Waals surface area contributed by atoms with E-state index in [9.17, 15) is 14.4 Å². The molecule has 8 nitrogen and oxygen atoms in total. The number of likely N-dealkylation sites (tertiary alicyclic amines) is 1. The second kappa shape index (κ2) is 9.51. The molecule has 2 heterocycles. The van der Waals surface area contributed by atoms with E-state index in [1.54, 1.807) is 23.1 Å². The molecule has 0 spiro atoms. The van der Waals surface area contributed by atoms with Crippen LogP contribution in [0.4, 0.5) is 0 Å². The second-order valence-electron chi connectivity index (χ2n) is 7.61. The summed E-state index contributed by atoms with van der Waals surface area (Å²) >= 11 is 0. The zero-order valence-corrected chi connectivity index (χ0v) is 17.1. The smallest absolute Gasteiger partial charge is 0.251 e. The molecule has 2 aromatic rings. The summed E-state index contributed by atoms with van der Waals surface area (Å²) < 4.78 is 10.5. The van der Waals surface area contributed by atoms with Crippen molar-refractivity contribution in [3.05, 3.63) is 59.7 Å². The molecule has 162 valence electrons. The molecule has 2 aliphatic heterocycles. The molecular formula is C23H25N3O5.